The van der Waals surface area contributed by atoms with E-state index in [4.69, 9.17) is 0 Å². The smallest absolute Gasteiger partial charge is 0.246 e. The zero-order valence-electron chi connectivity index (χ0n) is 12.8. The van der Waals surface area contributed by atoms with E-state index >= 15 is 0 Å². The minimum Gasteiger partial charge on any atom is -0.326 e. The van der Waals surface area contributed by atoms with Gasteiger partial charge in [0, 0.05) is 16.8 Å². The molecular formula is C16H16N4O2S. The molecule has 0 saturated carbocycles. The van der Waals surface area contributed by atoms with E-state index < -0.39 is 0 Å². The Balaban J connectivity index is 1.64. The second kappa shape index (κ2) is 6.29. The summed E-state index contributed by atoms with van der Waals surface area (Å²) in [6.07, 6.45) is 0.601. The summed E-state index contributed by atoms with van der Waals surface area (Å²) in [4.78, 5) is 27.5. The third-order valence-corrected chi connectivity index (χ3v) is 4.44. The van der Waals surface area contributed by atoms with Gasteiger partial charge in [-0.15, -0.1) is 11.3 Å². The number of carbonyl (C=O) groups is 2. The minimum absolute atomic E-state index is 0.00112. The molecule has 0 atom stereocenters. The Hall–Kier alpha value is -2.54. The highest BCUT2D eigenvalue weighted by atomic mass is 32.1. The number of anilines is 1. The first-order chi connectivity index (χ1) is 11.0. The molecule has 2 amide bonds. The van der Waals surface area contributed by atoms with Crippen molar-refractivity contribution < 1.29 is 9.59 Å². The Bertz CT molecular complexity index is 810. The predicted molar refractivity (Wildman–Crippen MR) is 89.7 cm³/mol. The van der Waals surface area contributed by atoms with Gasteiger partial charge >= 0.3 is 0 Å². The molecule has 118 valence electrons. The van der Waals surface area contributed by atoms with Crippen LogP contribution in [-0.2, 0) is 22.4 Å². The van der Waals surface area contributed by atoms with Crippen molar-refractivity contribution in [3.05, 3.63) is 45.4 Å². The molecule has 1 aliphatic heterocycles. The number of hydrazone groups is 1. The van der Waals surface area contributed by atoms with Gasteiger partial charge in [-0.1, -0.05) is 6.07 Å². The molecule has 1 aliphatic rings. The van der Waals surface area contributed by atoms with Gasteiger partial charge < -0.3 is 5.32 Å². The average molecular weight is 328 g/mol. The molecule has 2 N–H and O–H groups in total. The second-order valence-corrected chi connectivity index (χ2v) is 6.33. The fourth-order valence-electron chi connectivity index (χ4n) is 2.33. The van der Waals surface area contributed by atoms with E-state index in [9.17, 15) is 9.59 Å². The third kappa shape index (κ3) is 3.62. The van der Waals surface area contributed by atoms with Crippen LogP contribution < -0.4 is 10.7 Å². The van der Waals surface area contributed by atoms with Crippen LogP contribution in [-0.4, -0.2) is 22.5 Å². The number of benzene rings is 1. The lowest BCUT2D eigenvalue weighted by Gasteiger charge is -2.04. The summed E-state index contributed by atoms with van der Waals surface area (Å²) in [5, 5.41) is 9.61. The molecule has 0 spiro atoms. The van der Waals surface area contributed by atoms with Crippen molar-refractivity contribution in [3.8, 4) is 0 Å². The molecule has 1 aromatic heterocycles. The lowest BCUT2D eigenvalue weighted by atomic mass is 10.1. The number of hydrogen-bond donors (Lipinski definition) is 2. The summed E-state index contributed by atoms with van der Waals surface area (Å²) in [7, 11) is 0. The highest BCUT2D eigenvalue weighted by Gasteiger charge is 2.17. The average Bonchev–Trinajstić information content (AvgIpc) is 3.08. The monoisotopic (exact) mass is 328 g/mol. The number of nitrogens with zero attached hydrogens (tertiary/aromatic N) is 2. The molecule has 0 fully saturated rings. The van der Waals surface area contributed by atoms with E-state index in [0.29, 0.717) is 12.1 Å². The summed E-state index contributed by atoms with van der Waals surface area (Å²) in [5.41, 5.74) is 6.83. The van der Waals surface area contributed by atoms with Crippen LogP contribution >= 0.6 is 11.3 Å². The number of rotatable bonds is 4. The van der Waals surface area contributed by atoms with E-state index in [2.05, 4.69) is 20.8 Å². The van der Waals surface area contributed by atoms with Crippen molar-refractivity contribution in [1.82, 2.24) is 10.4 Å². The predicted octanol–water partition coefficient (Wildman–Crippen LogP) is 2.03. The molecule has 1 aromatic carbocycles. The summed E-state index contributed by atoms with van der Waals surface area (Å²) >= 11 is 1.46. The minimum atomic E-state index is -0.197. The number of hydrogen-bond acceptors (Lipinski definition) is 5. The van der Waals surface area contributed by atoms with Gasteiger partial charge in [0.2, 0.25) is 11.8 Å². The lowest BCUT2D eigenvalue weighted by Crippen LogP contribution is -2.21. The van der Waals surface area contributed by atoms with Crippen LogP contribution in [0.5, 0.6) is 0 Å². The van der Waals surface area contributed by atoms with Gasteiger partial charge in [-0.05, 0) is 37.1 Å². The number of fused-ring (bicyclic) bond motifs is 1. The van der Waals surface area contributed by atoms with E-state index in [1.54, 1.807) is 0 Å². The SMILES string of the molecule is C/C(=N\NC(=O)Cc1nc(C)cs1)c1ccc2c(c1)CC(=O)N2. The summed E-state index contributed by atoms with van der Waals surface area (Å²) in [6.45, 7) is 3.72. The van der Waals surface area contributed by atoms with Crippen LogP contribution in [0.4, 0.5) is 5.69 Å². The van der Waals surface area contributed by atoms with Crippen LogP contribution in [0.15, 0.2) is 28.7 Å². The first-order valence-electron chi connectivity index (χ1n) is 7.18. The zero-order valence-corrected chi connectivity index (χ0v) is 13.7. The topological polar surface area (TPSA) is 83.5 Å². The molecule has 6 nitrogen and oxygen atoms in total. The van der Waals surface area contributed by atoms with E-state index in [1.165, 1.54) is 11.3 Å². The van der Waals surface area contributed by atoms with Crippen molar-refractivity contribution >= 4 is 34.6 Å². The van der Waals surface area contributed by atoms with Crippen LogP contribution in [0.1, 0.15) is 28.8 Å². The van der Waals surface area contributed by atoms with Gasteiger partial charge in [0.05, 0.1) is 18.6 Å². The number of aryl methyl sites for hydroxylation is 1. The molecule has 2 heterocycles. The number of nitrogens with one attached hydrogen (secondary N) is 2. The van der Waals surface area contributed by atoms with Crippen LogP contribution in [0.2, 0.25) is 0 Å². The van der Waals surface area contributed by atoms with Gasteiger partial charge in [0.15, 0.2) is 0 Å². The largest absolute Gasteiger partial charge is 0.326 e. The van der Waals surface area contributed by atoms with Crippen LogP contribution in [0.3, 0.4) is 0 Å². The maximum absolute atomic E-state index is 11.9. The van der Waals surface area contributed by atoms with Gasteiger partial charge in [0.1, 0.15) is 5.01 Å². The highest BCUT2D eigenvalue weighted by Crippen LogP contribution is 2.24. The summed E-state index contributed by atoms with van der Waals surface area (Å²) < 4.78 is 0. The molecule has 3 rings (SSSR count). The van der Waals surface area contributed by atoms with Crippen molar-refractivity contribution in [2.45, 2.75) is 26.7 Å². The molecule has 0 saturated heterocycles. The van der Waals surface area contributed by atoms with E-state index in [1.807, 2.05) is 37.4 Å². The molecule has 2 aromatic rings. The lowest BCUT2D eigenvalue weighted by molar-refractivity contribution is -0.120. The van der Waals surface area contributed by atoms with Gasteiger partial charge in [0.25, 0.3) is 0 Å². The maximum Gasteiger partial charge on any atom is 0.246 e. The number of thiazole rings is 1. The molecule has 0 bridgehead atoms. The fourth-order valence-corrected chi connectivity index (χ4v) is 3.10. The third-order valence-electron chi connectivity index (χ3n) is 3.47. The maximum atomic E-state index is 11.9. The van der Waals surface area contributed by atoms with Gasteiger partial charge in [-0.25, -0.2) is 10.4 Å². The summed E-state index contributed by atoms with van der Waals surface area (Å²) in [5.74, 6) is -0.199. The number of aromatic nitrogens is 1. The normalized spacial score (nSPS) is 13.7. The van der Waals surface area contributed by atoms with E-state index in [0.717, 1.165) is 27.5 Å². The Morgan fingerprint density at radius 1 is 1.48 bits per heavy atom. The second-order valence-electron chi connectivity index (χ2n) is 5.39. The number of amides is 2. The van der Waals surface area contributed by atoms with Crippen molar-refractivity contribution in [1.29, 1.82) is 0 Å². The van der Waals surface area contributed by atoms with Crippen molar-refractivity contribution in [3.63, 3.8) is 0 Å². The molecule has 23 heavy (non-hydrogen) atoms. The van der Waals surface area contributed by atoms with Crippen LogP contribution in [0, 0.1) is 6.92 Å². The quantitative estimate of drug-likeness (QED) is 0.665. The Labute approximate surface area is 137 Å². The molecule has 0 unspecified atom stereocenters. The Morgan fingerprint density at radius 3 is 3.04 bits per heavy atom. The molecule has 0 aliphatic carbocycles. The van der Waals surface area contributed by atoms with Gasteiger partial charge in [-0.2, -0.15) is 5.10 Å². The highest BCUT2D eigenvalue weighted by molar-refractivity contribution is 7.09. The van der Waals surface area contributed by atoms with Crippen molar-refractivity contribution in [2.24, 2.45) is 5.10 Å². The molecule has 7 heteroatoms. The van der Waals surface area contributed by atoms with Crippen LogP contribution in [0.25, 0.3) is 0 Å². The fraction of sp³-hybridized carbons (Fsp3) is 0.250. The molecular weight excluding hydrogens is 312 g/mol. The first-order valence-corrected chi connectivity index (χ1v) is 8.06. The van der Waals surface area contributed by atoms with E-state index in [-0.39, 0.29) is 18.2 Å². The van der Waals surface area contributed by atoms with Crippen molar-refractivity contribution in [2.75, 3.05) is 5.32 Å². The summed E-state index contributed by atoms with van der Waals surface area (Å²) in [6, 6.07) is 5.65. The standard InChI is InChI=1S/C16H16N4O2S/c1-9-8-23-16(17-9)7-15(22)20-19-10(2)11-3-4-13-12(5-11)6-14(21)18-13/h3-5,8H,6-7H2,1-2H3,(H,18,21)(H,20,22)/b19-10+. The van der Waals surface area contributed by atoms with Gasteiger partial charge in [-0.3, -0.25) is 9.59 Å². The number of carbonyl (C=O) groups excluding carboxylic acids is 2. The zero-order chi connectivity index (χ0) is 16.4. The Kier molecular flexibility index (Phi) is 4.20. The Morgan fingerprint density at radius 2 is 2.30 bits per heavy atom. The molecule has 0 radical (unpaired) electrons. The first kappa shape index (κ1) is 15.4.